The lowest BCUT2D eigenvalue weighted by atomic mass is 9.74. The molecule has 18 heavy (non-hydrogen) atoms. The zero-order valence-electron chi connectivity index (χ0n) is 11.8. The van der Waals surface area contributed by atoms with Gasteiger partial charge < -0.3 is 5.73 Å². The fourth-order valence-corrected chi connectivity index (χ4v) is 3.36. The molecule has 102 valence electrons. The summed E-state index contributed by atoms with van der Waals surface area (Å²) >= 11 is 6.17. The van der Waals surface area contributed by atoms with E-state index in [1.54, 1.807) is 0 Å². The van der Waals surface area contributed by atoms with Crippen molar-refractivity contribution in [2.45, 2.75) is 53.0 Å². The number of nitrogen functional groups attached to an aromatic ring is 1. The van der Waals surface area contributed by atoms with E-state index in [2.05, 4.69) is 25.9 Å². The third-order valence-electron chi connectivity index (χ3n) is 4.35. The van der Waals surface area contributed by atoms with Crippen molar-refractivity contribution >= 4 is 17.4 Å². The van der Waals surface area contributed by atoms with E-state index in [1.807, 2.05) is 11.6 Å². The minimum absolute atomic E-state index is 0.403. The maximum atomic E-state index is 6.17. The van der Waals surface area contributed by atoms with Gasteiger partial charge in [-0.15, -0.1) is 0 Å². The lowest BCUT2D eigenvalue weighted by Gasteiger charge is -2.37. The normalized spacial score (nSPS) is 28.9. The molecule has 0 saturated heterocycles. The maximum absolute atomic E-state index is 6.17. The Hall–Kier alpha value is -0.700. The average Bonchev–Trinajstić information content (AvgIpc) is 2.56. The third-order valence-corrected chi connectivity index (χ3v) is 4.82. The average molecular weight is 270 g/mol. The number of aromatic nitrogens is 2. The Balaban J connectivity index is 2.35. The van der Waals surface area contributed by atoms with E-state index < -0.39 is 0 Å². The van der Waals surface area contributed by atoms with Gasteiger partial charge in [-0.2, -0.15) is 5.10 Å². The van der Waals surface area contributed by atoms with Crippen molar-refractivity contribution < 1.29 is 0 Å². The fourth-order valence-electron chi connectivity index (χ4n) is 3.23. The van der Waals surface area contributed by atoms with Crippen LogP contribution in [0.2, 0.25) is 5.02 Å². The van der Waals surface area contributed by atoms with Gasteiger partial charge >= 0.3 is 0 Å². The Morgan fingerprint density at radius 1 is 1.39 bits per heavy atom. The molecule has 2 rings (SSSR count). The summed E-state index contributed by atoms with van der Waals surface area (Å²) in [4.78, 5) is 0. The van der Waals surface area contributed by atoms with Crippen LogP contribution < -0.4 is 5.73 Å². The topological polar surface area (TPSA) is 43.8 Å². The number of nitrogens with two attached hydrogens (primary N) is 1. The summed E-state index contributed by atoms with van der Waals surface area (Å²) in [5, 5.41) is 5.18. The molecule has 1 aliphatic rings. The summed E-state index contributed by atoms with van der Waals surface area (Å²) in [5.41, 5.74) is 6.95. The van der Waals surface area contributed by atoms with Gasteiger partial charge in [0.15, 0.2) is 0 Å². The van der Waals surface area contributed by atoms with E-state index in [4.69, 9.17) is 17.3 Å². The van der Waals surface area contributed by atoms with E-state index in [9.17, 15) is 0 Å². The molecule has 1 aromatic rings. The van der Waals surface area contributed by atoms with Crippen LogP contribution in [0.25, 0.3) is 0 Å². The van der Waals surface area contributed by atoms with Gasteiger partial charge in [0.2, 0.25) is 0 Å². The van der Waals surface area contributed by atoms with Crippen LogP contribution in [0.4, 0.5) is 5.82 Å². The Labute approximate surface area is 115 Å². The molecular formula is C14H24ClN3. The molecular weight excluding hydrogens is 246 g/mol. The maximum Gasteiger partial charge on any atom is 0.141 e. The number of rotatable bonds is 2. The van der Waals surface area contributed by atoms with Crippen LogP contribution in [0, 0.1) is 24.7 Å². The molecule has 0 spiro atoms. The summed E-state index contributed by atoms with van der Waals surface area (Å²) in [6, 6.07) is 0.403. The molecule has 0 amide bonds. The summed E-state index contributed by atoms with van der Waals surface area (Å²) in [5.74, 6) is 2.69. The van der Waals surface area contributed by atoms with Crippen LogP contribution in [0.5, 0.6) is 0 Å². The van der Waals surface area contributed by atoms with Gasteiger partial charge in [0.25, 0.3) is 0 Å². The molecule has 3 unspecified atom stereocenters. The SMILES string of the molecule is Cc1nn(C2CC(C)CCC2C(C)C)c(N)c1Cl. The second-order valence-electron chi connectivity index (χ2n) is 6.12. The van der Waals surface area contributed by atoms with E-state index >= 15 is 0 Å². The first kappa shape index (κ1) is 13.7. The predicted octanol–water partition coefficient (Wildman–Crippen LogP) is 4.06. The van der Waals surface area contributed by atoms with Gasteiger partial charge in [-0.3, -0.25) is 0 Å². The highest BCUT2D eigenvalue weighted by atomic mass is 35.5. The highest BCUT2D eigenvalue weighted by molar-refractivity contribution is 6.33. The van der Waals surface area contributed by atoms with Crippen molar-refractivity contribution in [2.24, 2.45) is 17.8 Å². The molecule has 1 aliphatic carbocycles. The van der Waals surface area contributed by atoms with Crippen molar-refractivity contribution in [1.29, 1.82) is 0 Å². The van der Waals surface area contributed by atoms with Crippen molar-refractivity contribution in [3.8, 4) is 0 Å². The molecule has 0 aliphatic heterocycles. The van der Waals surface area contributed by atoms with Crippen LogP contribution in [-0.2, 0) is 0 Å². The lowest BCUT2D eigenvalue weighted by Crippen LogP contribution is -2.31. The molecule has 3 nitrogen and oxygen atoms in total. The highest BCUT2D eigenvalue weighted by Gasteiger charge is 2.34. The van der Waals surface area contributed by atoms with Crippen LogP contribution in [-0.4, -0.2) is 9.78 Å². The van der Waals surface area contributed by atoms with Crippen LogP contribution in [0.1, 0.15) is 51.8 Å². The molecule has 0 radical (unpaired) electrons. The first-order chi connectivity index (χ1) is 8.41. The minimum Gasteiger partial charge on any atom is -0.383 e. The zero-order valence-corrected chi connectivity index (χ0v) is 12.5. The Morgan fingerprint density at radius 2 is 2.06 bits per heavy atom. The first-order valence-electron chi connectivity index (χ1n) is 6.91. The van der Waals surface area contributed by atoms with E-state index in [-0.39, 0.29) is 0 Å². The Morgan fingerprint density at radius 3 is 2.56 bits per heavy atom. The summed E-state index contributed by atoms with van der Waals surface area (Å²) in [6.45, 7) is 8.83. The molecule has 1 saturated carbocycles. The number of hydrogen-bond donors (Lipinski definition) is 1. The smallest absolute Gasteiger partial charge is 0.141 e. The van der Waals surface area contributed by atoms with Gasteiger partial charge in [-0.1, -0.05) is 38.8 Å². The minimum atomic E-state index is 0.403. The lowest BCUT2D eigenvalue weighted by molar-refractivity contribution is 0.141. The molecule has 3 atom stereocenters. The fraction of sp³-hybridized carbons (Fsp3) is 0.786. The highest BCUT2D eigenvalue weighted by Crippen LogP contribution is 2.42. The summed E-state index contributed by atoms with van der Waals surface area (Å²) in [7, 11) is 0. The Bertz CT molecular complexity index is 425. The molecule has 0 aromatic carbocycles. The number of hydrogen-bond acceptors (Lipinski definition) is 2. The van der Waals surface area contributed by atoms with E-state index in [0.717, 1.165) is 18.0 Å². The van der Waals surface area contributed by atoms with Gasteiger partial charge in [0.1, 0.15) is 10.8 Å². The molecule has 1 aromatic heterocycles. The number of nitrogens with zero attached hydrogens (tertiary/aromatic N) is 2. The van der Waals surface area contributed by atoms with Gasteiger partial charge in [0, 0.05) is 0 Å². The largest absolute Gasteiger partial charge is 0.383 e. The van der Waals surface area contributed by atoms with Crippen molar-refractivity contribution in [3.05, 3.63) is 10.7 Å². The number of halogens is 1. The van der Waals surface area contributed by atoms with Crippen molar-refractivity contribution in [2.75, 3.05) is 5.73 Å². The quantitative estimate of drug-likeness (QED) is 0.880. The molecule has 1 heterocycles. The molecule has 0 bridgehead atoms. The molecule has 4 heteroatoms. The molecule has 1 fully saturated rings. The van der Waals surface area contributed by atoms with Crippen molar-refractivity contribution in [3.63, 3.8) is 0 Å². The first-order valence-corrected chi connectivity index (χ1v) is 7.29. The Kier molecular flexibility index (Phi) is 3.90. The zero-order chi connectivity index (χ0) is 13.4. The summed E-state index contributed by atoms with van der Waals surface area (Å²) < 4.78 is 1.98. The number of anilines is 1. The van der Waals surface area contributed by atoms with Crippen LogP contribution in [0.3, 0.4) is 0 Å². The molecule has 2 N–H and O–H groups in total. The van der Waals surface area contributed by atoms with E-state index in [1.165, 1.54) is 12.8 Å². The van der Waals surface area contributed by atoms with Gasteiger partial charge in [-0.25, -0.2) is 4.68 Å². The second-order valence-corrected chi connectivity index (χ2v) is 6.50. The van der Waals surface area contributed by atoms with Crippen LogP contribution in [0.15, 0.2) is 0 Å². The third kappa shape index (κ3) is 2.37. The second kappa shape index (κ2) is 5.12. The van der Waals surface area contributed by atoms with Gasteiger partial charge in [0.05, 0.1) is 11.7 Å². The monoisotopic (exact) mass is 269 g/mol. The van der Waals surface area contributed by atoms with Crippen molar-refractivity contribution in [1.82, 2.24) is 9.78 Å². The van der Waals surface area contributed by atoms with Crippen LogP contribution >= 0.6 is 11.6 Å². The predicted molar refractivity (Wildman–Crippen MR) is 76.8 cm³/mol. The number of aryl methyl sites for hydroxylation is 1. The van der Waals surface area contributed by atoms with Gasteiger partial charge in [-0.05, 0) is 37.5 Å². The standard InChI is InChI=1S/C14H24ClN3/c1-8(2)11-6-5-9(3)7-12(11)18-14(16)13(15)10(4)17-18/h8-9,11-12H,5-7,16H2,1-4H3. The summed E-state index contributed by atoms with van der Waals surface area (Å²) in [6.07, 6.45) is 3.73. The van der Waals surface area contributed by atoms with E-state index in [0.29, 0.717) is 28.7 Å².